The van der Waals surface area contributed by atoms with Gasteiger partial charge in [0.2, 0.25) is 0 Å². The van der Waals surface area contributed by atoms with Crippen LogP contribution < -0.4 is 5.73 Å². The molecule has 0 spiro atoms. The summed E-state index contributed by atoms with van der Waals surface area (Å²) in [6.07, 6.45) is 0. The minimum Gasteiger partial charge on any atom is -0.329 e. The second-order valence-electron chi connectivity index (χ2n) is 6.01. The Morgan fingerprint density at radius 3 is 2.42 bits per heavy atom. The fraction of sp³-hybridized carbons (Fsp3) is 0.600. The second-order valence-corrected chi connectivity index (χ2v) is 6.44. The molecule has 2 N–H and O–H groups in total. The largest absolute Gasteiger partial charge is 0.329 e. The van der Waals surface area contributed by atoms with E-state index in [-0.39, 0.29) is 11.6 Å². The van der Waals surface area contributed by atoms with Crippen LogP contribution in [0.2, 0.25) is 5.02 Å². The van der Waals surface area contributed by atoms with Gasteiger partial charge >= 0.3 is 0 Å². The maximum atomic E-state index is 6.01. The zero-order valence-corrected chi connectivity index (χ0v) is 12.8. The SMILES string of the molecule is CN1CCN(C(CN)c2ccc(Cl)cc2)CC1(C)C. The van der Waals surface area contributed by atoms with Gasteiger partial charge in [0.05, 0.1) is 0 Å². The Hall–Kier alpha value is -0.610. The van der Waals surface area contributed by atoms with E-state index < -0.39 is 0 Å². The van der Waals surface area contributed by atoms with E-state index >= 15 is 0 Å². The van der Waals surface area contributed by atoms with Gasteiger partial charge in [-0.25, -0.2) is 0 Å². The molecule has 1 fully saturated rings. The molecule has 3 nitrogen and oxygen atoms in total. The highest BCUT2D eigenvalue weighted by molar-refractivity contribution is 6.30. The number of nitrogens with zero attached hydrogens (tertiary/aromatic N) is 2. The van der Waals surface area contributed by atoms with E-state index in [1.54, 1.807) is 0 Å². The van der Waals surface area contributed by atoms with Crippen molar-refractivity contribution >= 4 is 11.6 Å². The van der Waals surface area contributed by atoms with E-state index in [0.29, 0.717) is 6.54 Å². The Kier molecular flexibility index (Phi) is 4.51. The van der Waals surface area contributed by atoms with Crippen LogP contribution in [0.4, 0.5) is 0 Å². The molecule has 1 aromatic carbocycles. The van der Waals surface area contributed by atoms with Gasteiger partial charge in [-0.05, 0) is 38.6 Å². The van der Waals surface area contributed by atoms with E-state index in [9.17, 15) is 0 Å². The topological polar surface area (TPSA) is 32.5 Å². The maximum absolute atomic E-state index is 6.01. The molecule has 19 heavy (non-hydrogen) atoms. The smallest absolute Gasteiger partial charge is 0.0471 e. The van der Waals surface area contributed by atoms with Gasteiger partial charge in [0.15, 0.2) is 0 Å². The third kappa shape index (κ3) is 3.29. The van der Waals surface area contributed by atoms with Crippen LogP contribution in [0, 0.1) is 0 Å². The summed E-state index contributed by atoms with van der Waals surface area (Å²) in [6, 6.07) is 8.35. The highest BCUT2D eigenvalue weighted by atomic mass is 35.5. The van der Waals surface area contributed by atoms with Crippen molar-refractivity contribution in [2.45, 2.75) is 25.4 Å². The number of piperazine rings is 1. The summed E-state index contributed by atoms with van der Waals surface area (Å²) in [5.74, 6) is 0. The first-order valence-electron chi connectivity index (χ1n) is 6.85. The second kappa shape index (κ2) is 5.80. The van der Waals surface area contributed by atoms with Crippen LogP contribution in [0.1, 0.15) is 25.5 Å². The highest BCUT2D eigenvalue weighted by Gasteiger charge is 2.34. The van der Waals surface area contributed by atoms with Crippen LogP contribution in [0.3, 0.4) is 0 Å². The predicted octanol–water partition coefficient (Wildman–Crippen LogP) is 2.37. The van der Waals surface area contributed by atoms with Crippen molar-refractivity contribution < 1.29 is 0 Å². The molecule has 106 valence electrons. The fourth-order valence-corrected chi connectivity index (χ4v) is 2.85. The van der Waals surface area contributed by atoms with Gasteiger partial charge in [0.25, 0.3) is 0 Å². The summed E-state index contributed by atoms with van der Waals surface area (Å²) < 4.78 is 0. The summed E-state index contributed by atoms with van der Waals surface area (Å²) >= 11 is 5.96. The molecule has 0 amide bonds. The van der Waals surface area contributed by atoms with E-state index in [2.05, 4.69) is 42.8 Å². The molecule has 4 heteroatoms. The first kappa shape index (κ1) is 14.8. The van der Waals surface area contributed by atoms with Gasteiger partial charge in [0.1, 0.15) is 0 Å². The molecule has 1 aromatic rings. The van der Waals surface area contributed by atoms with Crippen molar-refractivity contribution in [1.82, 2.24) is 9.80 Å². The lowest BCUT2D eigenvalue weighted by molar-refractivity contribution is 0.0180. The number of nitrogens with two attached hydrogens (primary N) is 1. The van der Waals surface area contributed by atoms with Crippen molar-refractivity contribution in [3.8, 4) is 0 Å². The molecule has 0 radical (unpaired) electrons. The summed E-state index contributed by atoms with van der Waals surface area (Å²) in [7, 11) is 2.19. The Morgan fingerprint density at radius 2 is 1.89 bits per heavy atom. The summed E-state index contributed by atoms with van der Waals surface area (Å²) in [4.78, 5) is 4.90. The summed E-state index contributed by atoms with van der Waals surface area (Å²) in [5.41, 5.74) is 7.46. The maximum Gasteiger partial charge on any atom is 0.0471 e. The monoisotopic (exact) mass is 281 g/mol. The molecule has 0 bridgehead atoms. The molecule has 1 aliphatic rings. The molecule has 1 heterocycles. The average molecular weight is 282 g/mol. The third-order valence-corrected chi connectivity index (χ3v) is 4.52. The van der Waals surface area contributed by atoms with Gasteiger partial charge in [-0.2, -0.15) is 0 Å². The van der Waals surface area contributed by atoms with Crippen LogP contribution in [0.15, 0.2) is 24.3 Å². The Morgan fingerprint density at radius 1 is 1.26 bits per heavy atom. The molecular formula is C15H24ClN3. The molecule has 1 aliphatic heterocycles. The number of rotatable bonds is 3. The first-order valence-corrected chi connectivity index (χ1v) is 7.22. The van der Waals surface area contributed by atoms with E-state index in [1.165, 1.54) is 5.56 Å². The zero-order chi connectivity index (χ0) is 14.0. The Labute approximate surface area is 121 Å². The minimum absolute atomic E-state index is 0.193. The molecule has 2 rings (SSSR count). The molecule has 0 saturated carbocycles. The average Bonchev–Trinajstić information content (AvgIpc) is 2.36. The summed E-state index contributed by atoms with van der Waals surface area (Å²) in [5, 5.41) is 0.776. The number of hydrogen-bond acceptors (Lipinski definition) is 3. The molecule has 1 unspecified atom stereocenters. The van der Waals surface area contributed by atoms with Crippen LogP contribution in [-0.2, 0) is 0 Å². The first-order chi connectivity index (χ1) is 8.94. The van der Waals surface area contributed by atoms with Crippen molar-refractivity contribution in [3.63, 3.8) is 0 Å². The van der Waals surface area contributed by atoms with Gasteiger partial charge in [-0.1, -0.05) is 23.7 Å². The van der Waals surface area contributed by atoms with Crippen molar-refractivity contribution in [2.24, 2.45) is 5.73 Å². The van der Waals surface area contributed by atoms with Crippen LogP contribution >= 0.6 is 11.6 Å². The van der Waals surface area contributed by atoms with Crippen molar-refractivity contribution in [3.05, 3.63) is 34.9 Å². The zero-order valence-electron chi connectivity index (χ0n) is 12.1. The van der Waals surface area contributed by atoms with Gasteiger partial charge < -0.3 is 5.73 Å². The van der Waals surface area contributed by atoms with Crippen molar-refractivity contribution in [1.29, 1.82) is 0 Å². The van der Waals surface area contributed by atoms with Gasteiger partial charge in [0, 0.05) is 42.8 Å². The van der Waals surface area contributed by atoms with Crippen LogP contribution in [0.25, 0.3) is 0 Å². The third-order valence-electron chi connectivity index (χ3n) is 4.26. The number of benzene rings is 1. The normalized spacial score (nSPS) is 22.4. The van der Waals surface area contributed by atoms with E-state index in [1.807, 2.05) is 12.1 Å². The van der Waals surface area contributed by atoms with Gasteiger partial charge in [-0.3, -0.25) is 9.80 Å². The highest BCUT2D eigenvalue weighted by Crippen LogP contribution is 2.27. The van der Waals surface area contributed by atoms with E-state index in [0.717, 1.165) is 24.7 Å². The Bertz CT molecular complexity index is 416. The quantitative estimate of drug-likeness (QED) is 0.923. The van der Waals surface area contributed by atoms with Crippen molar-refractivity contribution in [2.75, 3.05) is 33.2 Å². The molecule has 0 aromatic heterocycles. The lowest BCUT2D eigenvalue weighted by atomic mass is 9.96. The molecule has 1 atom stereocenters. The number of likely N-dealkylation sites (N-methyl/N-ethyl adjacent to an activating group) is 1. The van der Waals surface area contributed by atoms with Crippen LogP contribution in [0.5, 0.6) is 0 Å². The summed E-state index contributed by atoms with van der Waals surface area (Å²) in [6.45, 7) is 8.39. The number of hydrogen-bond donors (Lipinski definition) is 1. The van der Waals surface area contributed by atoms with Crippen LogP contribution in [-0.4, -0.2) is 48.6 Å². The lowest BCUT2D eigenvalue weighted by Crippen LogP contribution is -2.58. The fourth-order valence-electron chi connectivity index (χ4n) is 2.72. The number of halogens is 1. The van der Waals surface area contributed by atoms with Gasteiger partial charge in [-0.15, -0.1) is 0 Å². The predicted molar refractivity (Wildman–Crippen MR) is 81.5 cm³/mol. The Balaban J connectivity index is 2.16. The molecule has 0 aliphatic carbocycles. The standard InChI is InChI=1S/C15H24ClN3/c1-15(2)11-19(9-8-18(15)3)14(10-17)12-4-6-13(16)7-5-12/h4-7,14H,8-11,17H2,1-3H3. The molecule has 1 saturated heterocycles. The molecular weight excluding hydrogens is 258 g/mol. The lowest BCUT2D eigenvalue weighted by Gasteiger charge is -2.48. The van der Waals surface area contributed by atoms with E-state index in [4.69, 9.17) is 17.3 Å². The minimum atomic E-state index is 0.193.